The molecule has 2 amide bonds. The van der Waals surface area contributed by atoms with Crippen molar-refractivity contribution in [3.63, 3.8) is 0 Å². The SMILES string of the molecule is Cc1cc(C)cc(OCC(=O)N2CCN(C(=O)c3c(C)ccn3C)CC2)c1. The predicted molar refractivity (Wildman–Crippen MR) is 104 cm³/mol. The zero-order valence-electron chi connectivity index (χ0n) is 16.5. The van der Waals surface area contributed by atoms with Crippen LogP contribution >= 0.6 is 0 Å². The maximum atomic E-state index is 12.7. The van der Waals surface area contributed by atoms with Crippen molar-refractivity contribution in [2.45, 2.75) is 20.8 Å². The molecule has 1 aliphatic rings. The van der Waals surface area contributed by atoms with Crippen LogP contribution in [0.4, 0.5) is 0 Å². The van der Waals surface area contributed by atoms with E-state index in [-0.39, 0.29) is 18.4 Å². The van der Waals surface area contributed by atoms with E-state index in [1.54, 1.807) is 4.90 Å². The summed E-state index contributed by atoms with van der Waals surface area (Å²) in [7, 11) is 1.88. The summed E-state index contributed by atoms with van der Waals surface area (Å²) in [5.74, 6) is 0.698. The van der Waals surface area contributed by atoms with Crippen LogP contribution in [0.2, 0.25) is 0 Å². The van der Waals surface area contributed by atoms with Gasteiger partial charge in [-0.2, -0.15) is 0 Å². The lowest BCUT2D eigenvalue weighted by atomic mass is 10.1. The fourth-order valence-electron chi connectivity index (χ4n) is 3.54. The summed E-state index contributed by atoms with van der Waals surface area (Å²) in [6.07, 6.45) is 1.90. The van der Waals surface area contributed by atoms with Crippen LogP contribution in [0.3, 0.4) is 0 Å². The monoisotopic (exact) mass is 369 g/mol. The summed E-state index contributed by atoms with van der Waals surface area (Å²) in [6.45, 7) is 8.12. The van der Waals surface area contributed by atoms with Gasteiger partial charge >= 0.3 is 0 Å². The second kappa shape index (κ2) is 7.86. The van der Waals surface area contributed by atoms with E-state index in [9.17, 15) is 9.59 Å². The standard InChI is InChI=1S/C21H27N3O3/c1-15-11-16(2)13-18(12-15)27-14-19(25)23-7-9-24(10-8-23)21(26)20-17(3)5-6-22(20)4/h5-6,11-13H,7-10,14H2,1-4H3. The number of carbonyl (C=O) groups excluding carboxylic acids is 2. The van der Waals surface area contributed by atoms with Gasteiger partial charge in [-0.05, 0) is 55.7 Å². The van der Waals surface area contributed by atoms with Crippen molar-refractivity contribution in [1.29, 1.82) is 0 Å². The van der Waals surface area contributed by atoms with Gasteiger partial charge in [0.15, 0.2) is 6.61 Å². The summed E-state index contributed by atoms with van der Waals surface area (Å²) in [6, 6.07) is 7.87. The number of hydrogen-bond donors (Lipinski definition) is 0. The molecule has 1 aromatic carbocycles. The van der Waals surface area contributed by atoms with Gasteiger partial charge in [0, 0.05) is 39.4 Å². The van der Waals surface area contributed by atoms with Crippen molar-refractivity contribution in [2.24, 2.45) is 7.05 Å². The molecule has 0 bridgehead atoms. The van der Waals surface area contributed by atoms with Gasteiger partial charge in [0.05, 0.1) is 0 Å². The lowest BCUT2D eigenvalue weighted by Gasteiger charge is -2.35. The van der Waals surface area contributed by atoms with Gasteiger partial charge in [-0.25, -0.2) is 0 Å². The minimum Gasteiger partial charge on any atom is -0.484 e. The van der Waals surface area contributed by atoms with E-state index in [0.717, 1.165) is 16.7 Å². The van der Waals surface area contributed by atoms with Crippen LogP contribution in [0.25, 0.3) is 0 Å². The molecule has 27 heavy (non-hydrogen) atoms. The van der Waals surface area contributed by atoms with Crippen LogP contribution in [0.1, 0.15) is 27.2 Å². The Balaban J connectivity index is 1.52. The zero-order chi connectivity index (χ0) is 19.6. The van der Waals surface area contributed by atoms with Crippen LogP contribution in [0, 0.1) is 20.8 Å². The lowest BCUT2D eigenvalue weighted by molar-refractivity contribution is -0.134. The highest BCUT2D eigenvalue weighted by Crippen LogP contribution is 2.17. The number of rotatable bonds is 4. The highest BCUT2D eigenvalue weighted by atomic mass is 16.5. The first-order valence-electron chi connectivity index (χ1n) is 9.25. The molecule has 1 saturated heterocycles. The molecule has 6 nitrogen and oxygen atoms in total. The van der Waals surface area contributed by atoms with Crippen molar-refractivity contribution in [3.05, 3.63) is 52.8 Å². The van der Waals surface area contributed by atoms with Crippen LogP contribution in [0.15, 0.2) is 30.5 Å². The van der Waals surface area contributed by atoms with Gasteiger partial charge in [-0.15, -0.1) is 0 Å². The molecule has 2 heterocycles. The topological polar surface area (TPSA) is 54.8 Å². The fraction of sp³-hybridized carbons (Fsp3) is 0.429. The van der Waals surface area contributed by atoms with E-state index in [1.807, 2.05) is 61.7 Å². The van der Waals surface area contributed by atoms with E-state index < -0.39 is 0 Å². The number of aryl methyl sites for hydroxylation is 4. The molecule has 0 spiro atoms. The molecule has 1 fully saturated rings. The molecule has 3 rings (SSSR count). The predicted octanol–water partition coefficient (Wildman–Crippen LogP) is 2.31. The van der Waals surface area contributed by atoms with E-state index >= 15 is 0 Å². The molecule has 1 aliphatic heterocycles. The van der Waals surface area contributed by atoms with E-state index in [2.05, 4.69) is 6.07 Å². The van der Waals surface area contributed by atoms with Crippen LogP contribution in [0.5, 0.6) is 5.75 Å². The molecular weight excluding hydrogens is 342 g/mol. The van der Waals surface area contributed by atoms with Gasteiger partial charge in [0.1, 0.15) is 11.4 Å². The number of amides is 2. The Morgan fingerprint density at radius 3 is 2.11 bits per heavy atom. The normalized spacial score (nSPS) is 14.4. The van der Waals surface area contributed by atoms with E-state index in [0.29, 0.717) is 37.6 Å². The second-order valence-corrected chi connectivity index (χ2v) is 7.24. The first-order chi connectivity index (χ1) is 12.8. The second-order valence-electron chi connectivity index (χ2n) is 7.24. The molecule has 0 atom stereocenters. The molecule has 0 aliphatic carbocycles. The van der Waals surface area contributed by atoms with Crippen LogP contribution in [-0.2, 0) is 11.8 Å². The Labute approximate surface area is 160 Å². The number of aromatic nitrogens is 1. The van der Waals surface area contributed by atoms with Gasteiger partial charge in [0.25, 0.3) is 11.8 Å². The first kappa shape index (κ1) is 19.0. The summed E-state index contributed by atoms with van der Waals surface area (Å²) in [5.41, 5.74) is 3.91. The van der Waals surface area contributed by atoms with Gasteiger partial charge in [0.2, 0.25) is 0 Å². The highest BCUT2D eigenvalue weighted by Gasteiger charge is 2.27. The molecule has 0 radical (unpaired) electrons. The minimum absolute atomic E-state index is 0.0216. The third-order valence-electron chi connectivity index (χ3n) is 4.95. The minimum atomic E-state index is -0.0451. The smallest absolute Gasteiger partial charge is 0.270 e. The number of hydrogen-bond acceptors (Lipinski definition) is 3. The lowest BCUT2D eigenvalue weighted by Crippen LogP contribution is -2.52. The Morgan fingerprint density at radius 1 is 0.963 bits per heavy atom. The van der Waals surface area contributed by atoms with Crippen molar-refractivity contribution < 1.29 is 14.3 Å². The maximum Gasteiger partial charge on any atom is 0.270 e. The molecule has 1 aromatic heterocycles. The quantitative estimate of drug-likeness (QED) is 0.831. The average molecular weight is 369 g/mol. The number of piperazine rings is 1. The van der Waals surface area contributed by atoms with Gasteiger partial charge in [-0.1, -0.05) is 6.07 Å². The molecule has 0 saturated carbocycles. The third-order valence-corrected chi connectivity index (χ3v) is 4.95. The summed E-state index contributed by atoms with van der Waals surface area (Å²) < 4.78 is 7.53. The maximum absolute atomic E-state index is 12.7. The van der Waals surface area contributed by atoms with Crippen molar-refractivity contribution in [2.75, 3.05) is 32.8 Å². The molecular formula is C21H27N3O3. The highest BCUT2D eigenvalue weighted by molar-refractivity contribution is 5.94. The van der Waals surface area contributed by atoms with Crippen molar-refractivity contribution in [1.82, 2.24) is 14.4 Å². The number of ether oxygens (including phenoxy) is 1. The van der Waals surface area contributed by atoms with Gasteiger partial charge in [-0.3, -0.25) is 9.59 Å². The van der Waals surface area contributed by atoms with Crippen LogP contribution in [-0.4, -0.2) is 59.0 Å². The van der Waals surface area contributed by atoms with Crippen LogP contribution < -0.4 is 4.74 Å². The average Bonchev–Trinajstić information content (AvgIpc) is 2.97. The zero-order valence-corrected chi connectivity index (χ0v) is 16.5. The molecule has 6 heteroatoms. The van der Waals surface area contributed by atoms with E-state index in [1.165, 1.54) is 0 Å². The summed E-state index contributed by atoms with van der Waals surface area (Å²) >= 11 is 0. The Bertz CT molecular complexity index is 809. The molecule has 144 valence electrons. The summed E-state index contributed by atoms with van der Waals surface area (Å²) in [5, 5.41) is 0. The molecule has 0 N–H and O–H groups in total. The summed E-state index contributed by atoms with van der Waals surface area (Å²) in [4.78, 5) is 28.8. The Morgan fingerprint density at radius 2 is 1.56 bits per heavy atom. The Kier molecular flexibility index (Phi) is 5.54. The third kappa shape index (κ3) is 4.32. The van der Waals surface area contributed by atoms with Gasteiger partial charge < -0.3 is 19.1 Å². The van der Waals surface area contributed by atoms with E-state index in [4.69, 9.17) is 4.74 Å². The molecule has 2 aromatic rings. The fourth-order valence-corrected chi connectivity index (χ4v) is 3.54. The molecule has 0 unspecified atom stereocenters. The first-order valence-corrected chi connectivity index (χ1v) is 9.25. The number of nitrogens with zero attached hydrogens (tertiary/aromatic N) is 3. The number of carbonyl (C=O) groups is 2. The largest absolute Gasteiger partial charge is 0.484 e. The van der Waals surface area contributed by atoms with Crippen molar-refractivity contribution in [3.8, 4) is 5.75 Å². The van der Waals surface area contributed by atoms with Crippen molar-refractivity contribution >= 4 is 11.8 Å². The number of benzene rings is 1. The Hall–Kier alpha value is -2.76.